The molecule has 1 aromatic heterocycles. The summed E-state index contributed by atoms with van der Waals surface area (Å²) in [6, 6.07) is 13.7. The first-order valence-electron chi connectivity index (χ1n) is 10.5. The number of hydrogen-bond acceptors (Lipinski definition) is 3. The van der Waals surface area contributed by atoms with Crippen molar-refractivity contribution < 1.29 is 26.7 Å². The monoisotopic (exact) mass is 480 g/mol. The van der Waals surface area contributed by atoms with Crippen LogP contribution >= 0.6 is 0 Å². The second-order valence-corrected chi connectivity index (χ2v) is 10.3. The first-order chi connectivity index (χ1) is 15.4. The van der Waals surface area contributed by atoms with Crippen molar-refractivity contribution in [3.8, 4) is 0 Å². The molecule has 0 aliphatic rings. The van der Waals surface area contributed by atoms with E-state index in [0.29, 0.717) is 12.5 Å². The van der Waals surface area contributed by atoms with Crippen LogP contribution in [0.5, 0.6) is 0 Å². The maximum atomic E-state index is 14.1. The Balaban J connectivity index is 1.95. The molecule has 1 N–H and O–H groups in total. The summed E-state index contributed by atoms with van der Waals surface area (Å²) in [7, 11) is -2.56. The zero-order chi connectivity index (χ0) is 24.4. The predicted molar refractivity (Wildman–Crippen MR) is 121 cm³/mol. The molecule has 33 heavy (non-hydrogen) atoms. The minimum absolute atomic E-state index is 0.0612. The van der Waals surface area contributed by atoms with Crippen molar-refractivity contribution >= 4 is 15.7 Å². The van der Waals surface area contributed by atoms with Crippen LogP contribution in [-0.4, -0.2) is 31.3 Å². The lowest BCUT2D eigenvalue weighted by atomic mass is 9.87. The highest BCUT2D eigenvalue weighted by Gasteiger charge is 2.56. The van der Waals surface area contributed by atoms with Crippen molar-refractivity contribution in [2.75, 3.05) is 11.4 Å². The molecule has 2 aromatic carbocycles. The van der Waals surface area contributed by atoms with Gasteiger partial charge in [0.1, 0.15) is 0 Å². The van der Waals surface area contributed by atoms with E-state index < -0.39 is 27.4 Å². The fraction of sp³-hybridized carbons (Fsp3) is 0.333. The molecule has 9 heteroatoms. The standard InChI is InChI=1S/C24H27F3N2O3S/c1-18(2)13-15-29-16-14-20(17-29)23(30,24(25,26)27)19-9-11-21(12-10-19)28(3)33(31,32)22-7-5-4-6-8-22/h4-12,14,16-18,30H,13,15H2,1-3H3. The number of aryl methyl sites for hydroxylation is 1. The summed E-state index contributed by atoms with van der Waals surface area (Å²) in [5, 5.41) is 10.9. The van der Waals surface area contributed by atoms with E-state index in [9.17, 15) is 26.7 Å². The quantitative estimate of drug-likeness (QED) is 0.485. The summed E-state index contributed by atoms with van der Waals surface area (Å²) in [6.07, 6.45) is -1.38. The van der Waals surface area contributed by atoms with Gasteiger partial charge in [-0.25, -0.2) is 8.42 Å². The lowest BCUT2D eigenvalue weighted by Gasteiger charge is -2.31. The van der Waals surface area contributed by atoms with Crippen molar-refractivity contribution in [2.24, 2.45) is 5.92 Å². The highest BCUT2D eigenvalue weighted by atomic mass is 32.2. The first kappa shape index (κ1) is 24.9. The molecule has 1 unspecified atom stereocenters. The molecule has 0 radical (unpaired) electrons. The Morgan fingerprint density at radius 1 is 0.970 bits per heavy atom. The van der Waals surface area contributed by atoms with Gasteiger partial charge in [0.25, 0.3) is 10.0 Å². The number of alkyl halides is 3. The lowest BCUT2D eigenvalue weighted by molar-refractivity contribution is -0.248. The fourth-order valence-corrected chi connectivity index (χ4v) is 4.71. The second kappa shape index (κ2) is 9.23. The zero-order valence-electron chi connectivity index (χ0n) is 18.6. The van der Waals surface area contributed by atoms with E-state index in [1.165, 1.54) is 49.8 Å². The Hall–Kier alpha value is -2.78. The summed E-state index contributed by atoms with van der Waals surface area (Å²) in [4.78, 5) is 0.0612. The largest absolute Gasteiger partial charge is 0.425 e. The highest BCUT2D eigenvalue weighted by Crippen LogP contribution is 2.44. The fourth-order valence-electron chi connectivity index (χ4n) is 3.50. The Morgan fingerprint density at radius 2 is 1.58 bits per heavy atom. The molecule has 0 amide bonds. The van der Waals surface area contributed by atoms with E-state index >= 15 is 0 Å². The van der Waals surface area contributed by atoms with Crippen LogP contribution in [0.1, 0.15) is 31.4 Å². The second-order valence-electron chi connectivity index (χ2n) is 8.36. The van der Waals surface area contributed by atoms with E-state index in [1.54, 1.807) is 22.8 Å². The van der Waals surface area contributed by atoms with Crippen LogP contribution in [-0.2, 0) is 22.2 Å². The van der Waals surface area contributed by atoms with Gasteiger partial charge in [-0.3, -0.25) is 4.31 Å². The molecule has 1 heterocycles. The highest BCUT2D eigenvalue weighted by molar-refractivity contribution is 7.92. The number of sulfonamides is 1. The molecule has 3 rings (SSSR count). The number of nitrogens with zero attached hydrogens (tertiary/aromatic N) is 2. The number of aliphatic hydroxyl groups is 1. The molecular formula is C24H27F3N2O3S. The van der Waals surface area contributed by atoms with E-state index in [1.807, 2.05) is 13.8 Å². The van der Waals surface area contributed by atoms with Crippen molar-refractivity contribution in [1.82, 2.24) is 4.57 Å². The van der Waals surface area contributed by atoms with Gasteiger partial charge >= 0.3 is 6.18 Å². The van der Waals surface area contributed by atoms with Gasteiger partial charge in [-0.1, -0.05) is 44.2 Å². The lowest BCUT2D eigenvalue weighted by Crippen LogP contribution is -2.43. The average Bonchev–Trinajstić information content (AvgIpc) is 3.26. The van der Waals surface area contributed by atoms with Crippen molar-refractivity contribution in [3.05, 3.63) is 84.2 Å². The number of anilines is 1. The van der Waals surface area contributed by atoms with Gasteiger partial charge in [0.05, 0.1) is 10.6 Å². The molecule has 0 fully saturated rings. The van der Waals surface area contributed by atoms with Gasteiger partial charge < -0.3 is 9.67 Å². The maximum absolute atomic E-state index is 14.1. The van der Waals surface area contributed by atoms with Gasteiger partial charge in [0.2, 0.25) is 5.60 Å². The normalized spacial score (nSPS) is 14.3. The molecule has 1 atom stereocenters. The number of rotatable bonds is 8. The molecule has 5 nitrogen and oxygen atoms in total. The van der Waals surface area contributed by atoms with Gasteiger partial charge in [0, 0.05) is 31.5 Å². The summed E-state index contributed by atoms with van der Waals surface area (Å²) in [5.74, 6) is 0.383. The van der Waals surface area contributed by atoms with Gasteiger partial charge in [0.15, 0.2) is 0 Å². The molecule has 0 bridgehead atoms. The first-order valence-corrected chi connectivity index (χ1v) is 11.9. The molecule has 0 aliphatic heterocycles. The number of aromatic nitrogens is 1. The minimum Gasteiger partial charge on any atom is -0.372 e. The van der Waals surface area contributed by atoms with E-state index in [4.69, 9.17) is 0 Å². The molecule has 3 aromatic rings. The molecule has 0 saturated heterocycles. The number of hydrogen-bond donors (Lipinski definition) is 1. The Bertz CT molecular complexity index is 1170. The zero-order valence-corrected chi connectivity index (χ0v) is 19.4. The van der Waals surface area contributed by atoms with Gasteiger partial charge in [-0.2, -0.15) is 13.2 Å². The third-order valence-corrected chi connectivity index (χ3v) is 7.39. The molecule has 0 saturated carbocycles. The van der Waals surface area contributed by atoms with Crippen LogP contribution < -0.4 is 4.31 Å². The van der Waals surface area contributed by atoms with Crippen LogP contribution in [0.3, 0.4) is 0 Å². The summed E-state index contributed by atoms with van der Waals surface area (Å²) in [6.45, 7) is 4.58. The van der Waals surface area contributed by atoms with Crippen LogP contribution in [0.4, 0.5) is 18.9 Å². The van der Waals surface area contributed by atoms with E-state index in [0.717, 1.165) is 22.9 Å². The van der Waals surface area contributed by atoms with Crippen LogP contribution in [0.15, 0.2) is 78.0 Å². The van der Waals surface area contributed by atoms with Crippen molar-refractivity contribution in [1.29, 1.82) is 0 Å². The molecule has 0 spiro atoms. The molecule has 0 aliphatic carbocycles. The van der Waals surface area contributed by atoms with Crippen molar-refractivity contribution in [3.63, 3.8) is 0 Å². The van der Waals surface area contributed by atoms with E-state index in [2.05, 4.69) is 0 Å². The summed E-state index contributed by atoms with van der Waals surface area (Å²) >= 11 is 0. The summed E-state index contributed by atoms with van der Waals surface area (Å²) < 4.78 is 70.5. The molecular weight excluding hydrogens is 453 g/mol. The van der Waals surface area contributed by atoms with Gasteiger partial charge in [-0.15, -0.1) is 0 Å². The van der Waals surface area contributed by atoms with Gasteiger partial charge in [-0.05, 0) is 48.2 Å². The third-order valence-electron chi connectivity index (χ3n) is 5.59. The maximum Gasteiger partial charge on any atom is 0.425 e. The summed E-state index contributed by atoms with van der Waals surface area (Å²) in [5.41, 5.74) is -3.75. The minimum atomic E-state index is -4.99. The van der Waals surface area contributed by atoms with Crippen molar-refractivity contribution in [2.45, 2.75) is 43.5 Å². The van der Waals surface area contributed by atoms with Crippen LogP contribution in [0, 0.1) is 5.92 Å². The van der Waals surface area contributed by atoms with E-state index in [-0.39, 0.29) is 16.1 Å². The van der Waals surface area contributed by atoms with Crippen LogP contribution in [0.2, 0.25) is 0 Å². The number of halogens is 3. The topological polar surface area (TPSA) is 62.5 Å². The Labute approximate surface area is 192 Å². The average molecular weight is 481 g/mol. The molecule has 178 valence electrons. The Kier molecular flexibility index (Phi) is 6.95. The number of benzene rings is 2. The predicted octanol–water partition coefficient (Wildman–Crippen LogP) is 5.16. The Morgan fingerprint density at radius 3 is 2.12 bits per heavy atom. The smallest absolute Gasteiger partial charge is 0.372 e. The third kappa shape index (κ3) is 4.94. The SMILES string of the molecule is CC(C)CCn1ccc(C(O)(c2ccc(N(C)S(=O)(=O)c3ccccc3)cc2)C(F)(F)F)c1. The van der Waals surface area contributed by atoms with Crippen LogP contribution in [0.25, 0.3) is 0 Å².